The van der Waals surface area contributed by atoms with Gasteiger partial charge in [0.15, 0.2) is 5.17 Å². The molecule has 1 aromatic rings. The standard InChI is InChI=1S/C16H21N3O3S/c1-10-4-5-11(2)12(8-10)18-14(20)9-13-15(21)19-16(23-13)17-6-7-22-3/h4-5,8,13H,6-7,9H2,1-3H3,(H,18,20)(H,17,19,21). The summed E-state index contributed by atoms with van der Waals surface area (Å²) in [6.07, 6.45) is 0.118. The third-order valence-corrected chi connectivity index (χ3v) is 4.48. The Labute approximate surface area is 140 Å². The average molecular weight is 335 g/mol. The summed E-state index contributed by atoms with van der Waals surface area (Å²) in [5.41, 5.74) is 2.85. The molecule has 0 bridgehead atoms. The maximum Gasteiger partial charge on any atom is 0.240 e. The molecule has 0 spiro atoms. The van der Waals surface area contributed by atoms with E-state index in [-0.39, 0.29) is 18.2 Å². The first-order valence-corrected chi connectivity index (χ1v) is 8.25. The average Bonchev–Trinajstić information content (AvgIpc) is 2.83. The highest BCUT2D eigenvalue weighted by molar-refractivity contribution is 8.15. The predicted molar refractivity (Wildman–Crippen MR) is 92.9 cm³/mol. The zero-order chi connectivity index (χ0) is 16.8. The molecule has 1 saturated heterocycles. The minimum absolute atomic E-state index is 0.118. The van der Waals surface area contributed by atoms with Gasteiger partial charge in [0.25, 0.3) is 0 Å². The summed E-state index contributed by atoms with van der Waals surface area (Å²) in [6.45, 7) is 4.89. The van der Waals surface area contributed by atoms with Crippen LogP contribution in [-0.4, -0.2) is 42.5 Å². The third-order valence-electron chi connectivity index (χ3n) is 3.37. The summed E-state index contributed by atoms with van der Waals surface area (Å²) in [7, 11) is 1.60. The van der Waals surface area contributed by atoms with Gasteiger partial charge in [-0.25, -0.2) is 0 Å². The van der Waals surface area contributed by atoms with E-state index < -0.39 is 5.25 Å². The lowest BCUT2D eigenvalue weighted by molar-refractivity contribution is -0.122. The van der Waals surface area contributed by atoms with Crippen molar-refractivity contribution in [2.75, 3.05) is 25.6 Å². The van der Waals surface area contributed by atoms with Gasteiger partial charge < -0.3 is 15.4 Å². The van der Waals surface area contributed by atoms with Crippen molar-refractivity contribution < 1.29 is 14.3 Å². The van der Waals surface area contributed by atoms with Crippen LogP contribution in [0, 0.1) is 13.8 Å². The number of thioether (sulfide) groups is 1. The zero-order valence-electron chi connectivity index (χ0n) is 13.5. The number of hydrogen-bond acceptors (Lipinski definition) is 5. The lowest BCUT2D eigenvalue weighted by Gasteiger charge is -2.10. The van der Waals surface area contributed by atoms with Gasteiger partial charge in [-0.2, -0.15) is 0 Å². The van der Waals surface area contributed by atoms with E-state index in [1.54, 1.807) is 7.11 Å². The van der Waals surface area contributed by atoms with Crippen LogP contribution in [-0.2, 0) is 14.3 Å². The molecule has 7 heteroatoms. The Bertz CT molecular complexity index is 631. The normalized spacial score (nSPS) is 19.0. The second-order valence-corrected chi connectivity index (χ2v) is 6.54. The van der Waals surface area contributed by atoms with Gasteiger partial charge in [-0.1, -0.05) is 23.9 Å². The van der Waals surface area contributed by atoms with Crippen molar-refractivity contribution in [1.29, 1.82) is 0 Å². The van der Waals surface area contributed by atoms with Crippen LogP contribution in [0.1, 0.15) is 17.5 Å². The van der Waals surface area contributed by atoms with Crippen molar-refractivity contribution in [2.45, 2.75) is 25.5 Å². The van der Waals surface area contributed by atoms with Crippen LogP contribution in [0.15, 0.2) is 23.2 Å². The number of ether oxygens (including phenoxy) is 1. The molecule has 6 nitrogen and oxygen atoms in total. The lowest BCUT2D eigenvalue weighted by atomic mass is 10.1. The molecule has 0 aromatic heterocycles. The SMILES string of the molecule is COCCN=C1NC(=O)C(CC(=O)Nc2cc(C)ccc2C)S1. The van der Waals surface area contributed by atoms with Crippen molar-refractivity contribution in [3.63, 3.8) is 0 Å². The number of rotatable bonds is 6. The minimum Gasteiger partial charge on any atom is -0.383 e. The fourth-order valence-electron chi connectivity index (χ4n) is 2.09. The van der Waals surface area contributed by atoms with Crippen molar-refractivity contribution >= 4 is 34.4 Å². The summed E-state index contributed by atoms with van der Waals surface area (Å²) in [6, 6.07) is 5.88. The van der Waals surface area contributed by atoms with Crippen LogP contribution in [0.2, 0.25) is 0 Å². The van der Waals surface area contributed by atoms with E-state index in [0.29, 0.717) is 18.3 Å². The number of benzene rings is 1. The highest BCUT2D eigenvalue weighted by Crippen LogP contribution is 2.23. The number of methoxy groups -OCH3 is 1. The Morgan fingerprint density at radius 3 is 2.96 bits per heavy atom. The fourth-order valence-corrected chi connectivity index (χ4v) is 3.09. The summed E-state index contributed by atoms with van der Waals surface area (Å²) in [5.74, 6) is -0.355. The number of carbonyl (C=O) groups is 2. The Morgan fingerprint density at radius 2 is 2.22 bits per heavy atom. The molecule has 2 N–H and O–H groups in total. The molecular formula is C16H21N3O3S. The van der Waals surface area contributed by atoms with Crippen LogP contribution in [0.25, 0.3) is 0 Å². The molecule has 2 rings (SSSR count). The molecule has 23 heavy (non-hydrogen) atoms. The van der Waals surface area contributed by atoms with E-state index >= 15 is 0 Å². The van der Waals surface area contributed by atoms with Crippen molar-refractivity contribution in [3.8, 4) is 0 Å². The van der Waals surface area contributed by atoms with Gasteiger partial charge in [0, 0.05) is 19.2 Å². The zero-order valence-corrected chi connectivity index (χ0v) is 14.3. The number of hydrogen-bond donors (Lipinski definition) is 2. The fraction of sp³-hybridized carbons (Fsp3) is 0.438. The number of nitrogens with zero attached hydrogens (tertiary/aromatic N) is 1. The van der Waals surface area contributed by atoms with Gasteiger partial charge in [0.1, 0.15) is 5.25 Å². The Balaban J connectivity index is 1.91. The molecule has 1 unspecified atom stereocenters. The number of amidine groups is 1. The minimum atomic E-state index is -0.443. The van der Waals surface area contributed by atoms with E-state index in [2.05, 4.69) is 15.6 Å². The van der Waals surface area contributed by atoms with Gasteiger partial charge in [-0.15, -0.1) is 0 Å². The quantitative estimate of drug-likeness (QED) is 0.778. The van der Waals surface area contributed by atoms with Gasteiger partial charge >= 0.3 is 0 Å². The molecule has 1 heterocycles. The third kappa shape index (κ3) is 5.07. The van der Waals surface area contributed by atoms with E-state index in [1.165, 1.54) is 11.8 Å². The van der Waals surface area contributed by atoms with Gasteiger partial charge in [0.05, 0.1) is 13.2 Å². The first-order chi connectivity index (χ1) is 11.0. The number of aryl methyl sites for hydroxylation is 2. The maximum atomic E-state index is 12.2. The van der Waals surface area contributed by atoms with Crippen LogP contribution >= 0.6 is 11.8 Å². The first-order valence-electron chi connectivity index (χ1n) is 7.37. The molecule has 0 aliphatic carbocycles. The van der Waals surface area contributed by atoms with Crippen LogP contribution in [0.3, 0.4) is 0 Å². The summed E-state index contributed by atoms with van der Waals surface area (Å²) in [5, 5.41) is 5.67. The Hall–Kier alpha value is -1.86. The molecule has 1 aliphatic rings. The summed E-state index contributed by atoms with van der Waals surface area (Å²) < 4.78 is 4.91. The van der Waals surface area contributed by atoms with Crippen LogP contribution in [0.4, 0.5) is 5.69 Å². The molecule has 1 fully saturated rings. The summed E-state index contributed by atoms with van der Waals surface area (Å²) >= 11 is 1.29. The molecule has 0 saturated carbocycles. The molecule has 2 amide bonds. The van der Waals surface area contributed by atoms with Crippen LogP contribution in [0.5, 0.6) is 0 Å². The molecule has 1 aromatic carbocycles. The van der Waals surface area contributed by atoms with E-state index in [1.807, 2.05) is 32.0 Å². The Kier molecular flexibility index (Phi) is 6.18. The first kappa shape index (κ1) is 17.5. The van der Waals surface area contributed by atoms with Crippen LogP contribution < -0.4 is 10.6 Å². The highest BCUT2D eigenvalue weighted by atomic mass is 32.2. The lowest BCUT2D eigenvalue weighted by Crippen LogP contribution is -2.28. The van der Waals surface area contributed by atoms with Gasteiger partial charge in [-0.05, 0) is 31.0 Å². The molecular weight excluding hydrogens is 314 g/mol. The van der Waals surface area contributed by atoms with Crippen molar-refractivity contribution in [1.82, 2.24) is 5.32 Å². The summed E-state index contributed by atoms with van der Waals surface area (Å²) in [4.78, 5) is 28.3. The smallest absolute Gasteiger partial charge is 0.240 e. The molecule has 1 aliphatic heterocycles. The maximum absolute atomic E-state index is 12.2. The largest absolute Gasteiger partial charge is 0.383 e. The number of carbonyl (C=O) groups excluding carboxylic acids is 2. The van der Waals surface area contributed by atoms with Crippen molar-refractivity contribution in [3.05, 3.63) is 29.3 Å². The van der Waals surface area contributed by atoms with Crippen molar-refractivity contribution in [2.24, 2.45) is 4.99 Å². The molecule has 124 valence electrons. The van der Waals surface area contributed by atoms with Gasteiger partial charge in [0.2, 0.25) is 11.8 Å². The number of aliphatic imine (C=N–C) groups is 1. The van der Waals surface area contributed by atoms with E-state index in [0.717, 1.165) is 16.8 Å². The topological polar surface area (TPSA) is 79.8 Å². The molecule has 0 radical (unpaired) electrons. The second kappa shape index (κ2) is 8.12. The predicted octanol–water partition coefficient (Wildman–Crippen LogP) is 1.87. The Morgan fingerprint density at radius 1 is 1.43 bits per heavy atom. The number of nitrogens with one attached hydrogen (secondary N) is 2. The monoisotopic (exact) mass is 335 g/mol. The number of amides is 2. The molecule has 1 atom stereocenters. The van der Waals surface area contributed by atoms with Gasteiger partial charge in [-0.3, -0.25) is 14.6 Å². The highest BCUT2D eigenvalue weighted by Gasteiger charge is 2.31. The van der Waals surface area contributed by atoms with E-state index in [4.69, 9.17) is 4.74 Å². The van der Waals surface area contributed by atoms with E-state index in [9.17, 15) is 9.59 Å². The number of anilines is 1. The second-order valence-electron chi connectivity index (χ2n) is 5.35.